The van der Waals surface area contributed by atoms with Crippen LogP contribution in [-0.2, 0) is 4.79 Å². The number of hydrazine groups is 1. The summed E-state index contributed by atoms with van der Waals surface area (Å²) in [6, 6.07) is 8.12. The van der Waals surface area contributed by atoms with Gasteiger partial charge in [0.2, 0.25) is 0 Å². The Morgan fingerprint density at radius 2 is 1.96 bits per heavy atom. The van der Waals surface area contributed by atoms with Gasteiger partial charge in [0.1, 0.15) is 11.5 Å². The molecule has 146 valence electrons. The van der Waals surface area contributed by atoms with E-state index >= 15 is 0 Å². The van der Waals surface area contributed by atoms with E-state index in [2.05, 4.69) is 16.0 Å². The Morgan fingerprint density at radius 3 is 2.64 bits per heavy atom. The lowest BCUT2D eigenvalue weighted by Crippen LogP contribution is -2.43. The molecule has 7 nitrogen and oxygen atoms in total. The van der Waals surface area contributed by atoms with Crippen molar-refractivity contribution in [2.45, 2.75) is 13.8 Å². The lowest BCUT2D eigenvalue weighted by molar-refractivity contribution is -0.123. The first-order valence-corrected chi connectivity index (χ1v) is 9.62. The Bertz CT molecular complexity index is 1010. The first kappa shape index (κ1) is 20.2. The Kier molecular flexibility index (Phi) is 6.23. The molecule has 0 aliphatic carbocycles. The van der Waals surface area contributed by atoms with E-state index in [1.807, 2.05) is 13.8 Å². The van der Waals surface area contributed by atoms with Gasteiger partial charge in [-0.15, -0.1) is 11.3 Å². The maximum atomic E-state index is 12.2. The van der Waals surface area contributed by atoms with E-state index in [-0.39, 0.29) is 11.6 Å². The SMILES string of the molecule is Cc1noc(C)c1-c1ccc(C(=O)NNC(=O)COc2ccc(Cl)cc2Cl)s1. The minimum Gasteiger partial charge on any atom is -0.482 e. The summed E-state index contributed by atoms with van der Waals surface area (Å²) in [7, 11) is 0. The Labute approximate surface area is 174 Å². The molecule has 2 aromatic heterocycles. The lowest BCUT2D eigenvalue weighted by Gasteiger charge is -2.09. The second kappa shape index (κ2) is 8.64. The molecule has 3 rings (SSSR count). The van der Waals surface area contributed by atoms with Crippen LogP contribution in [0, 0.1) is 13.8 Å². The van der Waals surface area contributed by atoms with Gasteiger partial charge in [-0.25, -0.2) is 0 Å². The van der Waals surface area contributed by atoms with Crippen molar-refractivity contribution >= 4 is 46.4 Å². The third kappa shape index (κ3) is 4.64. The summed E-state index contributed by atoms with van der Waals surface area (Å²) in [5.41, 5.74) is 6.25. The van der Waals surface area contributed by atoms with Crippen LogP contribution in [0.2, 0.25) is 10.0 Å². The topological polar surface area (TPSA) is 93.5 Å². The Balaban J connectivity index is 1.53. The van der Waals surface area contributed by atoms with E-state index in [1.54, 1.807) is 24.3 Å². The first-order chi connectivity index (χ1) is 13.3. The third-order valence-corrected chi connectivity index (χ3v) is 5.31. The van der Waals surface area contributed by atoms with Crippen LogP contribution in [0.15, 0.2) is 34.9 Å². The molecule has 10 heteroatoms. The Morgan fingerprint density at radius 1 is 1.18 bits per heavy atom. The van der Waals surface area contributed by atoms with Crippen LogP contribution in [0.1, 0.15) is 21.1 Å². The van der Waals surface area contributed by atoms with Crippen LogP contribution in [0.3, 0.4) is 0 Å². The second-order valence-corrected chi connectivity index (χ2v) is 7.66. The van der Waals surface area contributed by atoms with Crippen molar-refractivity contribution in [1.29, 1.82) is 0 Å². The summed E-state index contributed by atoms with van der Waals surface area (Å²) >= 11 is 13.0. The number of thiophene rings is 1. The predicted octanol–water partition coefficient (Wildman–Crippen LogP) is 4.17. The van der Waals surface area contributed by atoms with Gasteiger partial charge in [-0.1, -0.05) is 28.4 Å². The second-order valence-electron chi connectivity index (χ2n) is 5.73. The molecule has 2 N–H and O–H groups in total. The molecule has 0 radical (unpaired) electrons. The van der Waals surface area contributed by atoms with Gasteiger partial charge in [-0.05, 0) is 44.2 Å². The summed E-state index contributed by atoms with van der Waals surface area (Å²) in [6.07, 6.45) is 0. The van der Waals surface area contributed by atoms with Gasteiger partial charge < -0.3 is 9.26 Å². The molecule has 0 aliphatic heterocycles. The maximum absolute atomic E-state index is 12.2. The monoisotopic (exact) mass is 439 g/mol. The van der Waals surface area contributed by atoms with Gasteiger partial charge in [0.05, 0.1) is 21.2 Å². The fraction of sp³-hybridized carbons (Fsp3) is 0.167. The molecular formula is C18H15Cl2N3O4S. The van der Waals surface area contributed by atoms with Crippen molar-refractivity contribution in [3.8, 4) is 16.2 Å². The molecule has 3 aromatic rings. The summed E-state index contributed by atoms with van der Waals surface area (Å²) in [4.78, 5) is 25.4. The van der Waals surface area contributed by atoms with E-state index in [9.17, 15) is 9.59 Å². The fourth-order valence-electron chi connectivity index (χ4n) is 2.39. The highest BCUT2D eigenvalue weighted by molar-refractivity contribution is 7.17. The van der Waals surface area contributed by atoms with Crippen molar-refractivity contribution in [2.75, 3.05) is 6.61 Å². The lowest BCUT2D eigenvalue weighted by atomic mass is 10.2. The van der Waals surface area contributed by atoms with Crippen LogP contribution in [0.4, 0.5) is 0 Å². The number of aryl methyl sites for hydroxylation is 2. The number of amides is 2. The number of nitrogens with zero attached hydrogens (tertiary/aromatic N) is 1. The standard InChI is InChI=1S/C18H15Cl2N3O4S/c1-9-17(10(2)27-23-9)14-5-6-15(28-14)18(25)22-21-16(24)8-26-13-4-3-11(19)7-12(13)20/h3-7H,8H2,1-2H3,(H,21,24)(H,22,25). The van der Waals surface area contributed by atoms with Crippen molar-refractivity contribution in [1.82, 2.24) is 16.0 Å². The zero-order valence-corrected chi connectivity index (χ0v) is 17.2. The number of carbonyl (C=O) groups excluding carboxylic acids is 2. The number of carbonyl (C=O) groups is 2. The number of rotatable bonds is 5. The molecule has 0 saturated carbocycles. The average molecular weight is 440 g/mol. The molecule has 2 amide bonds. The zero-order chi connectivity index (χ0) is 20.3. The zero-order valence-electron chi connectivity index (χ0n) is 14.8. The molecule has 0 spiro atoms. The maximum Gasteiger partial charge on any atom is 0.279 e. The van der Waals surface area contributed by atoms with Gasteiger partial charge in [0.15, 0.2) is 6.61 Å². The van der Waals surface area contributed by atoms with E-state index < -0.39 is 11.8 Å². The largest absolute Gasteiger partial charge is 0.482 e. The van der Waals surface area contributed by atoms with Crippen LogP contribution in [0.25, 0.3) is 10.4 Å². The Hall–Kier alpha value is -2.55. The van der Waals surface area contributed by atoms with Crippen molar-refractivity contribution in [2.24, 2.45) is 0 Å². The molecule has 1 aromatic carbocycles. The quantitative estimate of drug-likeness (QED) is 0.581. The molecule has 0 bridgehead atoms. The molecule has 28 heavy (non-hydrogen) atoms. The summed E-state index contributed by atoms with van der Waals surface area (Å²) in [5, 5.41) is 4.65. The first-order valence-electron chi connectivity index (χ1n) is 8.05. The molecule has 0 atom stereocenters. The molecule has 0 fully saturated rings. The number of ether oxygens (including phenoxy) is 1. The number of nitrogens with one attached hydrogen (secondary N) is 2. The fourth-order valence-corrected chi connectivity index (χ4v) is 3.90. The highest BCUT2D eigenvalue weighted by atomic mass is 35.5. The van der Waals surface area contributed by atoms with Gasteiger partial charge in [-0.3, -0.25) is 20.4 Å². The van der Waals surface area contributed by atoms with Crippen LogP contribution >= 0.6 is 34.5 Å². The van der Waals surface area contributed by atoms with Gasteiger partial charge in [0.25, 0.3) is 11.8 Å². The predicted molar refractivity (Wildman–Crippen MR) is 107 cm³/mol. The minimum atomic E-state index is -0.540. The van der Waals surface area contributed by atoms with E-state index in [0.29, 0.717) is 21.4 Å². The van der Waals surface area contributed by atoms with Crippen LogP contribution < -0.4 is 15.6 Å². The molecular weight excluding hydrogens is 425 g/mol. The number of aromatic nitrogens is 1. The van der Waals surface area contributed by atoms with Crippen molar-refractivity contribution < 1.29 is 18.8 Å². The van der Waals surface area contributed by atoms with Gasteiger partial charge in [0, 0.05) is 9.90 Å². The van der Waals surface area contributed by atoms with E-state index in [4.69, 9.17) is 32.5 Å². The third-order valence-electron chi connectivity index (χ3n) is 3.68. The minimum absolute atomic E-state index is 0.287. The number of hydrogen-bond acceptors (Lipinski definition) is 6. The van der Waals surface area contributed by atoms with Crippen LogP contribution in [-0.4, -0.2) is 23.6 Å². The molecule has 0 unspecified atom stereocenters. The van der Waals surface area contributed by atoms with Crippen LogP contribution in [0.5, 0.6) is 5.75 Å². The highest BCUT2D eigenvalue weighted by Crippen LogP contribution is 2.32. The molecule has 2 heterocycles. The number of halogens is 2. The average Bonchev–Trinajstić information content (AvgIpc) is 3.25. The summed E-state index contributed by atoms with van der Waals surface area (Å²) < 4.78 is 10.4. The van der Waals surface area contributed by atoms with E-state index in [0.717, 1.165) is 16.1 Å². The van der Waals surface area contributed by atoms with Crippen molar-refractivity contribution in [3.63, 3.8) is 0 Å². The summed E-state index contributed by atoms with van der Waals surface area (Å²) in [6.45, 7) is 3.32. The van der Waals surface area contributed by atoms with Gasteiger partial charge in [-0.2, -0.15) is 0 Å². The number of benzene rings is 1. The van der Waals surface area contributed by atoms with Crippen molar-refractivity contribution in [3.05, 3.63) is 56.7 Å². The van der Waals surface area contributed by atoms with E-state index in [1.165, 1.54) is 17.4 Å². The molecule has 0 saturated heterocycles. The number of hydrogen-bond donors (Lipinski definition) is 2. The van der Waals surface area contributed by atoms with Gasteiger partial charge >= 0.3 is 0 Å². The smallest absolute Gasteiger partial charge is 0.279 e. The molecule has 0 aliphatic rings. The normalized spacial score (nSPS) is 10.6. The highest BCUT2D eigenvalue weighted by Gasteiger charge is 2.17. The summed E-state index contributed by atoms with van der Waals surface area (Å²) in [5.74, 6) is 0.00952.